The first kappa shape index (κ1) is 11.5. The molecule has 0 aliphatic rings. The van der Waals surface area contributed by atoms with E-state index in [0.717, 1.165) is 22.7 Å². The monoisotopic (exact) mass is 240 g/mol. The Balaban J connectivity index is 2.87. The molecule has 0 fully saturated rings. The summed E-state index contributed by atoms with van der Waals surface area (Å²) in [4.78, 5) is 4.57. The zero-order valence-corrected chi connectivity index (χ0v) is 11.1. The van der Waals surface area contributed by atoms with Crippen LogP contribution >= 0.6 is 11.6 Å². The molecule has 2 aromatic heterocycles. The van der Waals surface area contributed by atoms with Crippen LogP contribution in [0.5, 0.6) is 0 Å². The Morgan fingerprint density at radius 1 is 1.31 bits per heavy atom. The fourth-order valence-electron chi connectivity index (χ4n) is 2.11. The van der Waals surface area contributed by atoms with Gasteiger partial charge in [0.2, 0.25) is 0 Å². The van der Waals surface area contributed by atoms with E-state index >= 15 is 0 Å². The summed E-state index contributed by atoms with van der Waals surface area (Å²) < 4.78 is 4.04. The first-order valence-electron chi connectivity index (χ1n) is 5.33. The second-order valence-corrected chi connectivity index (χ2v) is 5.32. The van der Waals surface area contributed by atoms with Gasteiger partial charge in [-0.05, 0) is 27.7 Å². The Kier molecular flexibility index (Phi) is 2.49. The third-order valence-electron chi connectivity index (χ3n) is 2.66. The molecule has 0 aromatic carbocycles. The Bertz CT molecular complexity index is 530. The highest BCUT2D eigenvalue weighted by molar-refractivity contribution is 6.16. The Labute approximate surface area is 100 Å². The van der Waals surface area contributed by atoms with Crippen LogP contribution < -0.4 is 0 Å². The van der Waals surface area contributed by atoms with E-state index in [1.54, 1.807) is 0 Å². The van der Waals surface area contributed by atoms with Gasteiger partial charge in [-0.2, -0.15) is 5.10 Å². The largest absolute Gasteiger partial charge is 0.307 e. The lowest BCUT2D eigenvalue weighted by Crippen LogP contribution is -2.25. The number of hydrogen-bond acceptors (Lipinski definition) is 2. The van der Waals surface area contributed by atoms with Gasteiger partial charge in [0.15, 0.2) is 5.65 Å². The van der Waals surface area contributed by atoms with Crippen LogP contribution in [0.1, 0.15) is 32.3 Å². The van der Waals surface area contributed by atoms with E-state index in [9.17, 15) is 0 Å². The summed E-state index contributed by atoms with van der Waals surface area (Å²) in [5, 5.41) is 4.39. The quantitative estimate of drug-likeness (QED) is 0.719. The summed E-state index contributed by atoms with van der Waals surface area (Å²) in [5.74, 6) is 1.33. The fraction of sp³-hybridized carbons (Fsp3) is 0.636. The lowest BCUT2D eigenvalue weighted by molar-refractivity contribution is 0.391. The van der Waals surface area contributed by atoms with Crippen molar-refractivity contribution in [2.75, 3.05) is 0 Å². The van der Waals surface area contributed by atoms with Crippen molar-refractivity contribution >= 4 is 22.8 Å². The molecule has 0 amide bonds. The van der Waals surface area contributed by atoms with Crippen molar-refractivity contribution in [2.45, 2.75) is 39.1 Å². The van der Waals surface area contributed by atoms with E-state index in [0.29, 0.717) is 5.88 Å². The van der Waals surface area contributed by atoms with Gasteiger partial charge in [-0.25, -0.2) is 4.98 Å². The van der Waals surface area contributed by atoms with Gasteiger partial charge < -0.3 is 4.57 Å². The third kappa shape index (κ3) is 1.52. The molecule has 2 aromatic rings. The maximum Gasteiger partial charge on any atom is 0.159 e. The molecule has 0 saturated heterocycles. The van der Waals surface area contributed by atoms with Crippen LogP contribution in [-0.4, -0.2) is 19.3 Å². The van der Waals surface area contributed by atoms with Crippen molar-refractivity contribution in [1.82, 2.24) is 19.3 Å². The van der Waals surface area contributed by atoms with E-state index < -0.39 is 0 Å². The van der Waals surface area contributed by atoms with Crippen molar-refractivity contribution in [2.24, 2.45) is 7.05 Å². The van der Waals surface area contributed by atoms with Crippen LogP contribution in [0.15, 0.2) is 0 Å². The minimum atomic E-state index is -0.0425. The smallest absolute Gasteiger partial charge is 0.159 e. The van der Waals surface area contributed by atoms with Gasteiger partial charge in [-0.3, -0.25) is 4.68 Å². The third-order valence-corrected chi connectivity index (χ3v) is 2.90. The predicted octanol–water partition coefficient (Wildman–Crippen LogP) is 2.57. The molecule has 2 rings (SSSR count). The summed E-state index contributed by atoms with van der Waals surface area (Å²) in [6.07, 6.45) is 0. The van der Waals surface area contributed by atoms with Crippen LogP contribution in [0.2, 0.25) is 0 Å². The van der Waals surface area contributed by atoms with Gasteiger partial charge in [-0.15, -0.1) is 11.6 Å². The Morgan fingerprint density at radius 3 is 2.44 bits per heavy atom. The molecular formula is C11H17ClN4. The number of halogens is 1. The molecule has 0 bridgehead atoms. The Hall–Kier alpha value is -1.03. The standard InChI is InChI=1S/C11H17ClN4/c1-7-9-10(15(5)14-7)16(11(2,3)4)8(6-12)13-9/h6H2,1-5H3. The molecule has 4 nitrogen and oxygen atoms in total. The number of rotatable bonds is 1. The highest BCUT2D eigenvalue weighted by atomic mass is 35.5. The van der Waals surface area contributed by atoms with Crippen LogP contribution in [0.3, 0.4) is 0 Å². The van der Waals surface area contributed by atoms with Gasteiger partial charge >= 0.3 is 0 Å². The van der Waals surface area contributed by atoms with Gasteiger partial charge in [0.25, 0.3) is 0 Å². The zero-order chi connectivity index (χ0) is 12.1. The minimum Gasteiger partial charge on any atom is -0.307 e. The lowest BCUT2D eigenvalue weighted by Gasteiger charge is -2.23. The average molecular weight is 241 g/mol. The summed E-state index contributed by atoms with van der Waals surface area (Å²) >= 11 is 5.96. The average Bonchev–Trinajstić information content (AvgIpc) is 2.65. The first-order chi connectivity index (χ1) is 7.36. The number of aromatic nitrogens is 4. The molecule has 2 heterocycles. The van der Waals surface area contributed by atoms with Crippen LogP contribution in [-0.2, 0) is 18.5 Å². The Morgan fingerprint density at radius 2 is 1.94 bits per heavy atom. The molecule has 0 radical (unpaired) electrons. The highest BCUT2D eigenvalue weighted by Gasteiger charge is 2.24. The molecule has 0 aliphatic carbocycles. The maximum absolute atomic E-state index is 5.96. The summed E-state index contributed by atoms with van der Waals surface area (Å²) in [6.45, 7) is 8.41. The molecule has 0 saturated carbocycles. The SMILES string of the molecule is Cc1nn(C)c2c1nc(CCl)n2C(C)(C)C. The molecule has 5 heteroatoms. The van der Waals surface area contributed by atoms with E-state index in [1.807, 2.05) is 18.7 Å². The van der Waals surface area contributed by atoms with E-state index in [2.05, 4.69) is 35.4 Å². The zero-order valence-electron chi connectivity index (χ0n) is 10.4. The van der Waals surface area contributed by atoms with Crippen molar-refractivity contribution < 1.29 is 0 Å². The maximum atomic E-state index is 5.96. The van der Waals surface area contributed by atoms with Crippen LogP contribution in [0.4, 0.5) is 0 Å². The first-order valence-corrected chi connectivity index (χ1v) is 5.87. The molecule has 0 aliphatic heterocycles. The van der Waals surface area contributed by atoms with Gasteiger partial charge in [0, 0.05) is 12.6 Å². The molecule has 0 unspecified atom stereocenters. The van der Waals surface area contributed by atoms with Gasteiger partial charge in [-0.1, -0.05) is 0 Å². The van der Waals surface area contributed by atoms with Crippen molar-refractivity contribution in [3.8, 4) is 0 Å². The molecular weight excluding hydrogens is 224 g/mol. The summed E-state index contributed by atoms with van der Waals surface area (Å²) in [7, 11) is 1.94. The normalized spacial score (nSPS) is 12.6. The molecule has 0 spiro atoms. The number of imidazole rings is 1. The van der Waals surface area contributed by atoms with Crippen LogP contribution in [0, 0.1) is 6.92 Å². The molecule has 88 valence electrons. The molecule has 0 N–H and O–H groups in total. The second kappa shape index (κ2) is 3.48. The van der Waals surface area contributed by atoms with E-state index in [1.165, 1.54) is 0 Å². The van der Waals surface area contributed by atoms with Crippen molar-refractivity contribution in [1.29, 1.82) is 0 Å². The number of hydrogen-bond donors (Lipinski definition) is 0. The minimum absolute atomic E-state index is 0.0425. The number of nitrogens with zero attached hydrogens (tertiary/aromatic N) is 4. The lowest BCUT2D eigenvalue weighted by atomic mass is 10.1. The summed E-state index contributed by atoms with van der Waals surface area (Å²) in [5.41, 5.74) is 2.90. The predicted molar refractivity (Wildman–Crippen MR) is 65.8 cm³/mol. The second-order valence-electron chi connectivity index (χ2n) is 5.05. The van der Waals surface area contributed by atoms with E-state index in [4.69, 9.17) is 11.6 Å². The van der Waals surface area contributed by atoms with E-state index in [-0.39, 0.29) is 5.54 Å². The highest BCUT2D eigenvalue weighted by Crippen LogP contribution is 2.27. The molecule has 16 heavy (non-hydrogen) atoms. The van der Waals surface area contributed by atoms with Gasteiger partial charge in [0.1, 0.15) is 11.3 Å². The molecule has 0 atom stereocenters. The topological polar surface area (TPSA) is 35.6 Å². The fourth-order valence-corrected chi connectivity index (χ4v) is 2.29. The van der Waals surface area contributed by atoms with Crippen molar-refractivity contribution in [3.05, 3.63) is 11.5 Å². The summed E-state index contributed by atoms with van der Waals surface area (Å²) in [6, 6.07) is 0. The van der Waals surface area contributed by atoms with Crippen LogP contribution in [0.25, 0.3) is 11.2 Å². The number of fused-ring (bicyclic) bond motifs is 1. The number of alkyl halides is 1. The number of aryl methyl sites for hydroxylation is 2. The van der Waals surface area contributed by atoms with Gasteiger partial charge in [0.05, 0.1) is 11.6 Å². The van der Waals surface area contributed by atoms with Crippen molar-refractivity contribution in [3.63, 3.8) is 0 Å².